The molecule has 0 unspecified atom stereocenters. The van der Waals surface area contributed by atoms with E-state index in [9.17, 15) is 18.6 Å². The zero-order chi connectivity index (χ0) is 26.5. The maximum Gasteiger partial charge on any atom is 0.241 e. The molecule has 6 nitrogen and oxygen atoms in total. The van der Waals surface area contributed by atoms with Crippen LogP contribution in [0.1, 0.15) is 41.0 Å². The summed E-state index contributed by atoms with van der Waals surface area (Å²) in [7, 11) is -3.81. The molecular formula is C31H32N2O4S. The van der Waals surface area contributed by atoms with Gasteiger partial charge in [0.05, 0.1) is 4.90 Å². The highest BCUT2D eigenvalue weighted by Crippen LogP contribution is 2.37. The molecule has 7 heteroatoms. The van der Waals surface area contributed by atoms with Gasteiger partial charge in [0.25, 0.3) is 0 Å². The second-order valence-electron chi connectivity index (χ2n) is 9.81. The molecule has 1 aliphatic heterocycles. The summed E-state index contributed by atoms with van der Waals surface area (Å²) in [6.07, 6.45) is 1.49. The maximum absolute atomic E-state index is 13.8. The van der Waals surface area contributed by atoms with Gasteiger partial charge in [-0.3, -0.25) is 4.90 Å². The predicted molar refractivity (Wildman–Crippen MR) is 149 cm³/mol. The fourth-order valence-corrected chi connectivity index (χ4v) is 6.74. The highest BCUT2D eigenvalue weighted by Gasteiger charge is 2.29. The topological polar surface area (TPSA) is 89.9 Å². The third-order valence-corrected chi connectivity index (χ3v) is 8.73. The average Bonchev–Trinajstić information content (AvgIpc) is 2.93. The smallest absolute Gasteiger partial charge is 0.241 e. The number of nitrogens with one attached hydrogen (secondary N) is 1. The number of phenolic OH excluding ortho intramolecular Hbond substituents is 2. The fourth-order valence-electron chi connectivity index (χ4n) is 5.18. The number of piperidine rings is 1. The van der Waals surface area contributed by atoms with Crippen LogP contribution in [0, 0.1) is 0 Å². The van der Waals surface area contributed by atoms with Crippen molar-refractivity contribution in [3.8, 4) is 11.5 Å². The van der Waals surface area contributed by atoms with Crippen molar-refractivity contribution in [1.82, 2.24) is 9.62 Å². The lowest BCUT2D eigenvalue weighted by Gasteiger charge is -2.32. The molecule has 4 aromatic rings. The number of phenols is 2. The van der Waals surface area contributed by atoms with Crippen LogP contribution in [0.3, 0.4) is 0 Å². The quantitative estimate of drug-likeness (QED) is 0.273. The molecule has 1 fully saturated rings. The summed E-state index contributed by atoms with van der Waals surface area (Å²) in [6.45, 7) is 2.52. The number of benzene rings is 4. The molecule has 5 rings (SSSR count). The van der Waals surface area contributed by atoms with Crippen LogP contribution in [0.15, 0.2) is 108 Å². The van der Waals surface area contributed by atoms with Crippen LogP contribution >= 0.6 is 0 Å². The molecule has 0 aliphatic carbocycles. The number of hydrogen-bond acceptors (Lipinski definition) is 5. The minimum Gasteiger partial charge on any atom is -0.508 e. The van der Waals surface area contributed by atoms with Gasteiger partial charge in [0.15, 0.2) is 0 Å². The van der Waals surface area contributed by atoms with Crippen molar-refractivity contribution in [3.63, 3.8) is 0 Å². The van der Waals surface area contributed by atoms with Gasteiger partial charge in [-0.1, -0.05) is 72.8 Å². The van der Waals surface area contributed by atoms with Crippen LogP contribution < -0.4 is 4.72 Å². The number of nitrogens with zero attached hydrogens (tertiary/aromatic N) is 1. The van der Waals surface area contributed by atoms with Crippen molar-refractivity contribution in [1.29, 1.82) is 0 Å². The van der Waals surface area contributed by atoms with E-state index in [0.29, 0.717) is 5.56 Å². The molecule has 0 amide bonds. The Morgan fingerprint density at radius 2 is 1.26 bits per heavy atom. The van der Waals surface area contributed by atoms with Crippen molar-refractivity contribution >= 4 is 10.0 Å². The minimum atomic E-state index is -3.81. The van der Waals surface area contributed by atoms with Gasteiger partial charge in [-0.2, -0.15) is 0 Å². The molecule has 3 N–H and O–H groups in total. The summed E-state index contributed by atoms with van der Waals surface area (Å²) in [4.78, 5) is 2.59. The largest absolute Gasteiger partial charge is 0.508 e. The fraction of sp³-hybridized carbons (Fsp3) is 0.226. The van der Waals surface area contributed by atoms with Crippen LogP contribution in [-0.4, -0.2) is 42.7 Å². The third-order valence-electron chi connectivity index (χ3n) is 7.13. The van der Waals surface area contributed by atoms with Gasteiger partial charge in [0, 0.05) is 31.6 Å². The molecule has 1 saturated heterocycles. The lowest BCUT2D eigenvalue weighted by atomic mass is 9.85. The Balaban J connectivity index is 1.39. The highest BCUT2D eigenvalue weighted by molar-refractivity contribution is 7.89. The van der Waals surface area contributed by atoms with Crippen LogP contribution in [0.4, 0.5) is 0 Å². The first kappa shape index (κ1) is 26.0. The van der Waals surface area contributed by atoms with Crippen LogP contribution in [0.2, 0.25) is 0 Å². The van der Waals surface area contributed by atoms with Gasteiger partial charge < -0.3 is 10.2 Å². The number of sulfonamides is 1. The first-order valence-electron chi connectivity index (χ1n) is 12.8. The van der Waals surface area contributed by atoms with Crippen LogP contribution in [0.25, 0.3) is 0 Å². The minimum absolute atomic E-state index is 0.138. The van der Waals surface area contributed by atoms with Gasteiger partial charge in [-0.05, 0) is 65.4 Å². The van der Waals surface area contributed by atoms with Crippen LogP contribution in [0.5, 0.6) is 11.5 Å². The van der Waals surface area contributed by atoms with Crippen molar-refractivity contribution in [2.45, 2.75) is 36.2 Å². The number of likely N-dealkylation sites (tertiary alicyclic amines) is 1. The van der Waals surface area contributed by atoms with Crippen molar-refractivity contribution in [3.05, 3.63) is 125 Å². The predicted octanol–water partition coefficient (Wildman–Crippen LogP) is 5.22. The summed E-state index contributed by atoms with van der Waals surface area (Å²) in [6, 6.07) is 30.8. The number of aromatic hydroxyl groups is 2. The second-order valence-corrected chi connectivity index (χ2v) is 11.5. The molecule has 1 heterocycles. The second kappa shape index (κ2) is 11.4. The Hall–Kier alpha value is -3.65. The molecule has 196 valence electrons. The summed E-state index contributed by atoms with van der Waals surface area (Å²) >= 11 is 0. The summed E-state index contributed by atoms with van der Waals surface area (Å²) < 4.78 is 30.5. The van der Waals surface area contributed by atoms with Crippen molar-refractivity contribution in [2.24, 2.45) is 0 Å². The van der Waals surface area contributed by atoms with Gasteiger partial charge in [0.1, 0.15) is 11.5 Å². The zero-order valence-electron chi connectivity index (χ0n) is 21.1. The van der Waals surface area contributed by atoms with Crippen LogP contribution in [-0.2, 0) is 16.6 Å². The lowest BCUT2D eigenvalue weighted by Crippen LogP contribution is -2.44. The summed E-state index contributed by atoms with van der Waals surface area (Å²) in [5.41, 5.74) is 3.57. The monoisotopic (exact) mass is 528 g/mol. The molecule has 0 atom stereocenters. The van der Waals surface area contributed by atoms with Gasteiger partial charge in [-0.25, -0.2) is 13.1 Å². The SMILES string of the molecule is O=S(=O)(NC1CCN(Cc2ccccc2)CC1)c1ccccc1C(c1ccc(O)cc1)c1ccc(O)cc1. The van der Waals surface area contributed by atoms with E-state index in [1.807, 2.05) is 30.3 Å². The first-order chi connectivity index (χ1) is 18.4. The van der Waals surface area contributed by atoms with E-state index in [1.54, 1.807) is 60.7 Å². The van der Waals surface area contributed by atoms with Gasteiger partial charge >= 0.3 is 0 Å². The molecule has 0 bridgehead atoms. The Morgan fingerprint density at radius 3 is 1.84 bits per heavy atom. The Kier molecular flexibility index (Phi) is 7.79. The molecule has 0 saturated carbocycles. The summed E-state index contributed by atoms with van der Waals surface area (Å²) in [5, 5.41) is 19.7. The Labute approximate surface area is 224 Å². The van der Waals surface area contributed by atoms with Crippen molar-refractivity contribution in [2.75, 3.05) is 13.1 Å². The highest BCUT2D eigenvalue weighted by atomic mass is 32.2. The number of rotatable bonds is 8. The van der Waals surface area contributed by atoms with E-state index >= 15 is 0 Å². The lowest BCUT2D eigenvalue weighted by molar-refractivity contribution is 0.200. The van der Waals surface area contributed by atoms with E-state index in [0.717, 1.165) is 43.6 Å². The molecule has 1 aliphatic rings. The van der Waals surface area contributed by atoms with E-state index in [2.05, 4.69) is 21.8 Å². The Morgan fingerprint density at radius 1 is 0.737 bits per heavy atom. The van der Waals surface area contributed by atoms with Crippen molar-refractivity contribution < 1.29 is 18.6 Å². The van der Waals surface area contributed by atoms with Gasteiger partial charge in [0.2, 0.25) is 10.0 Å². The van der Waals surface area contributed by atoms with E-state index in [4.69, 9.17) is 0 Å². The van der Waals surface area contributed by atoms with E-state index < -0.39 is 15.9 Å². The normalized spacial score (nSPS) is 15.1. The van der Waals surface area contributed by atoms with E-state index in [1.165, 1.54) is 5.56 Å². The molecular weight excluding hydrogens is 496 g/mol. The molecule has 4 aromatic carbocycles. The standard InChI is InChI=1S/C31H32N2O4S/c34-27-14-10-24(11-15-27)31(25-12-16-28(35)17-13-25)29-8-4-5-9-30(29)38(36,37)32-26-18-20-33(21-19-26)22-23-6-2-1-3-7-23/h1-17,26,31-32,34-35H,18-22H2. The summed E-state index contributed by atoms with van der Waals surface area (Å²) in [5.74, 6) is -0.129. The first-order valence-corrected chi connectivity index (χ1v) is 14.3. The zero-order valence-corrected chi connectivity index (χ0v) is 21.9. The molecule has 0 radical (unpaired) electrons. The molecule has 38 heavy (non-hydrogen) atoms. The third kappa shape index (κ3) is 6.07. The maximum atomic E-state index is 13.8. The average molecular weight is 529 g/mol. The van der Waals surface area contributed by atoms with E-state index in [-0.39, 0.29) is 22.4 Å². The Bertz CT molecular complexity index is 1400. The number of hydrogen-bond donors (Lipinski definition) is 3. The molecule has 0 spiro atoms. The molecule has 0 aromatic heterocycles. The van der Waals surface area contributed by atoms with Gasteiger partial charge in [-0.15, -0.1) is 0 Å².